The number of imidazole rings is 1. The van der Waals surface area contributed by atoms with E-state index >= 15 is 0 Å². The predicted octanol–water partition coefficient (Wildman–Crippen LogP) is 4.85. The van der Waals surface area contributed by atoms with E-state index in [0.717, 1.165) is 23.0 Å². The zero-order valence-electron chi connectivity index (χ0n) is 20.7. The molecule has 0 bridgehead atoms. The smallest absolute Gasteiger partial charge is 0.417 e. The minimum Gasteiger partial charge on any atom is -0.450 e. The first kappa shape index (κ1) is 27.7. The van der Waals surface area contributed by atoms with Gasteiger partial charge in [-0.05, 0) is 18.9 Å². The number of anilines is 2. The van der Waals surface area contributed by atoms with Gasteiger partial charge in [0.2, 0.25) is 5.95 Å². The second-order valence-corrected chi connectivity index (χ2v) is 9.55. The van der Waals surface area contributed by atoms with Crippen molar-refractivity contribution in [1.82, 2.24) is 24.4 Å². The summed E-state index contributed by atoms with van der Waals surface area (Å²) in [4.78, 5) is 25.7. The van der Waals surface area contributed by atoms with Crippen LogP contribution in [0.3, 0.4) is 0 Å². The number of alkyl halides is 3. The molecular weight excluding hydrogens is 576 g/mol. The third-order valence-corrected chi connectivity index (χ3v) is 6.90. The van der Waals surface area contributed by atoms with Crippen molar-refractivity contribution in [1.29, 1.82) is 5.41 Å². The number of ether oxygens (including phenoxy) is 2. The molecule has 0 spiro atoms. The largest absolute Gasteiger partial charge is 0.450 e. The Kier molecular flexibility index (Phi) is 7.57. The van der Waals surface area contributed by atoms with Crippen LogP contribution in [0, 0.1) is 5.41 Å². The van der Waals surface area contributed by atoms with Crippen LogP contribution in [0.4, 0.5) is 24.8 Å². The average Bonchev–Trinajstić information content (AvgIpc) is 3.25. The molecule has 0 aromatic carbocycles. The Morgan fingerprint density at radius 2 is 2.17 bits per heavy atom. The van der Waals surface area contributed by atoms with Crippen LogP contribution in [0.5, 0.6) is 5.75 Å². The van der Waals surface area contributed by atoms with Gasteiger partial charge >= 0.3 is 6.18 Å². The highest BCUT2D eigenvalue weighted by molar-refractivity contribution is 6.69. The highest BCUT2D eigenvalue weighted by Gasteiger charge is 2.33. The molecule has 2 aliphatic heterocycles. The molecule has 0 saturated carbocycles. The first-order chi connectivity index (χ1) is 19.1. The summed E-state index contributed by atoms with van der Waals surface area (Å²) in [6, 6.07) is 0.204. The molecule has 16 heteroatoms. The van der Waals surface area contributed by atoms with Crippen molar-refractivity contribution in [3.8, 4) is 5.75 Å². The number of nitrogens with one attached hydrogen (secondary N) is 3. The van der Waals surface area contributed by atoms with Crippen molar-refractivity contribution in [2.75, 3.05) is 18.5 Å². The van der Waals surface area contributed by atoms with E-state index in [1.165, 1.54) is 23.2 Å². The lowest BCUT2D eigenvalue weighted by Crippen LogP contribution is -2.32. The molecule has 1 atom stereocenters. The molecule has 1 saturated heterocycles. The van der Waals surface area contributed by atoms with Crippen molar-refractivity contribution in [3.05, 3.63) is 63.3 Å². The molecule has 5 heterocycles. The van der Waals surface area contributed by atoms with Gasteiger partial charge in [-0.1, -0.05) is 23.2 Å². The van der Waals surface area contributed by atoms with Crippen molar-refractivity contribution in [2.24, 2.45) is 12.0 Å². The second kappa shape index (κ2) is 10.9. The lowest BCUT2D eigenvalue weighted by Gasteiger charge is -2.25. The van der Waals surface area contributed by atoms with Crippen molar-refractivity contribution in [2.45, 2.75) is 25.1 Å². The molecule has 0 radical (unpaired) electrons. The van der Waals surface area contributed by atoms with E-state index in [1.807, 2.05) is 0 Å². The van der Waals surface area contributed by atoms with Crippen LogP contribution in [-0.2, 0) is 18.0 Å². The van der Waals surface area contributed by atoms with E-state index < -0.39 is 23.3 Å². The highest BCUT2D eigenvalue weighted by Crippen LogP contribution is 2.35. The molecule has 0 amide bonds. The third kappa shape index (κ3) is 5.29. The normalized spacial score (nSPS) is 18.8. The third-order valence-electron chi connectivity index (χ3n) is 6.25. The van der Waals surface area contributed by atoms with Gasteiger partial charge in [-0.2, -0.15) is 18.2 Å². The molecule has 1 fully saturated rings. The quantitative estimate of drug-likeness (QED) is 0.274. The van der Waals surface area contributed by atoms with E-state index in [9.17, 15) is 18.0 Å². The lowest BCUT2D eigenvalue weighted by atomic mass is 10.1. The first-order valence-electron chi connectivity index (χ1n) is 11.9. The summed E-state index contributed by atoms with van der Waals surface area (Å²) in [5.74, 6) is 0.0662. The van der Waals surface area contributed by atoms with Gasteiger partial charge in [-0.15, -0.1) is 0 Å². The number of fused-ring (bicyclic) bond motifs is 1. The minimum atomic E-state index is -4.69. The van der Waals surface area contributed by atoms with Gasteiger partial charge in [0.05, 0.1) is 30.6 Å². The van der Waals surface area contributed by atoms with Gasteiger partial charge in [0, 0.05) is 32.3 Å². The fourth-order valence-electron chi connectivity index (χ4n) is 4.27. The molecule has 210 valence electrons. The maximum absolute atomic E-state index is 13.7. The van der Waals surface area contributed by atoms with Crippen LogP contribution in [0.15, 0.2) is 52.1 Å². The molecule has 11 nitrogen and oxygen atoms in total. The summed E-state index contributed by atoms with van der Waals surface area (Å²) in [5, 5.41) is 13.4. The van der Waals surface area contributed by atoms with Crippen LogP contribution < -0.4 is 20.9 Å². The van der Waals surface area contributed by atoms with Gasteiger partial charge in [0.15, 0.2) is 22.3 Å². The van der Waals surface area contributed by atoms with Crippen LogP contribution in [0.1, 0.15) is 24.4 Å². The number of aliphatic imine (C=N–C) groups is 1. The zero-order valence-corrected chi connectivity index (χ0v) is 22.2. The molecule has 5 rings (SSSR count). The molecule has 1 unspecified atom stereocenters. The molecular formula is C24H21Cl2F3N8O3. The monoisotopic (exact) mass is 596 g/mol. The average molecular weight is 597 g/mol. The standard InChI is InChI=1S/C24H21Cl2F3N8O3/c1-36-19-17(25)16(40-15(8-30)18-20(26)32-5-4-31-18)9-33-21(19)35-23(36)34-14-7-12(24(27,28)29)10-37(22(14)38)13-3-2-6-39-11-13/h4-5,7-10,13,30-31H,2-3,6,11H2,1H3,(H,33,34,35)/b18-15+,30-8?. The maximum atomic E-state index is 13.7. The number of pyridine rings is 2. The highest BCUT2D eigenvalue weighted by atomic mass is 35.5. The van der Waals surface area contributed by atoms with E-state index in [2.05, 4.69) is 25.6 Å². The SMILES string of the molecule is Cn1c(Nc2cc(C(F)(F)F)cn(C3CCCOC3)c2=O)nc2ncc(O/C(C=N)=C3/NC=CN=C3Cl)c(Cl)c21. The number of hydrogen-bond acceptors (Lipinski definition) is 9. The summed E-state index contributed by atoms with van der Waals surface area (Å²) in [6.07, 6.45) is 2.36. The van der Waals surface area contributed by atoms with Gasteiger partial charge < -0.3 is 34.7 Å². The van der Waals surface area contributed by atoms with Crippen LogP contribution in [0.2, 0.25) is 5.02 Å². The van der Waals surface area contributed by atoms with Gasteiger partial charge in [0.1, 0.15) is 21.9 Å². The Bertz CT molecular complexity index is 1640. The molecule has 40 heavy (non-hydrogen) atoms. The lowest BCUT2D eigenvalue weighted by molar-refractivity contribution is -0.138. The molecule has 3 N–H and O–H groups in total. The van der Waals surface area contributed by atoms with E-state index in [0.29, 0.717) is 19.4 Å². The van der Waals surface area contributed by atoms with Crippen LogP contribution in [0.25, 0.3) is 11.2 Å². The summed E-state index contributed by atoms with van der Waals surface area (Å²) in [7, 11) is 1.54. The molecule has 0 aliphatic carbocycles. The summed E-state index contributed by atoms with van der Waals surface area (Å²) in [6.45, 7) is 0.618. The molecule has 2 aliphatic rings. The first-order valence-corrected chi connectivity index (χ1v) is 12.6. The predicted molar refractivity (Wildman–Crippen MR) is 144 cm³/mol. The summed E-state index contributed by atoms with van der Waals surface area (Å²) < 4.78 is 54.9. The zero-order chi connectivity index (χ0) is 28.6. The van der Waals surface area contributed by atoms with Gasteiger partial charge in [0.25, 0.3) is 5.56 Å². The number of rotatable bonds is 6. The number of nitrogens with zero attached hydrogens (tertiary/aromatic N) is 5. The molecule has 3 aromatic heterocycles. The van der Waals surface area contributed by atoms with E-state index in [4.69, 9.17) is 38.1 Å². The van der Waals surface area contributed by atoms with E-state index in [1.54, 1.807) is 7.05 Å². The second-order valence-electron chi connectivity index (χ2n) is 8.82. The fraction of sp³-hybridized carbons (Fsp3) is 0.292. The topological polar surface area (TPSA) is 131 Å². The fourth-order valence-corrected chi connectivity index (χ4v) is 4.77. The Morgan fingerprint density at radius 1 is 1.38 bits per heavy atom. The Balaban J connectivity index is 1.53. The number of aromatic nitrogens is 4. The Hall–Kier alpha value is -3.88. The number of hydrogen-bond donors (Lipinski definition) is 3. The van der Waals surface area contributed by atoms with Crippen molar-refractivity contribution < 1.29 is 22.6 Å². The van der Waals surface area contributed by atoms with Gasteiger partial charge in [-0.3, -0.25) is 4.79 Å². The summed E-state index contributed by atoms with van der Waals surface area (Å²) >= 11 is 12.7. The number of allylic oxidation sites excluding steroid dienone is 2. The van der Waals surface area contributed by atoms with Crippen LogP contribution >= 0.6 is 23.2 Å². The Labute approximate surface area is 234 Å². The minimum absolute atomic E-state index is 0.00197. The van der Waals surface area contributed by atoms with Crippen molar-refractivity contribution in [3.63, 3.8) is 0 Å². The maximum Gasteiger partial charge on any atom is 0.417 e. The van der Waals surface area contributed by atoms with Gasteiger partial charge in [-0.25, -0.2) is 9.98 Å². The number of halogens is 5. The van der Waals surface area contributed by atoms with Crippen molar-refractivity contribution >= 4 is 57.4 Å². The summed E-state index contributed by atoms with van der Waals surface area (Å²) in [5.41, 5.74) is -1.35. The van der Waals surface area contributed by atoms with E-state index in [-0.39, 0.29) is 56.8 Å². The van der Waals surface area contributed by atoms with Crippen LogP contribution in [-0.4, -0.2) is 43.7 Å². The Morgan fingerprint density at radius 3 is 2.85 bits per heavy atom. The molecule has 3 aromatic rings. The number of aryl methyl sites for hydroxylation is 1.